The molecule has 0 aromatic carbocycles. The fraction of sp³-hybridized carbons (Fsp3) is 0.636. The number of nitrogens with one attached hydrogen (secondary N) is 1. The second kappa shape index (κ2) is 3.56. The van der Waals surface area contributed by atoms with Crippen molar-refractivity contribution in [2.75, 3.05) is 0 Å². The summed E-state index contributed by atoms with van der Waals surface area (Å²) in [5.41, 5.74) is 2.03. The minimum absolute atomic E-state index is 0.0859. The van der Waals surface area contributed by atoms with Crippen molar-refractivity contribution >= 4 is 0 Å². The van der Waals surface area contributed by atoms with Gasteiger partial charge >= 0.3 is 0 Å². The molecule has 76 valence electrons. The van der Waals surface area contributed by atoms with Gasteiger partial charge in [0.05, 0.1) is 5.69 Å². The van der Waals surface area contributed by atoms with Crippen LogP contribution in [-0.4, -0.2) is 9.97 Å². The highest BCUT2D eigenvalue weighted by Gasteiger charge is 2.18. The van der Waals surface area contributed by atoms with Crippen LogP contribution >= 0.6 is 0 Å². The number of nitrogens with zero attached hydrogens (tertiary/aromatic N) is 1. The van der Waals surface area contributed by atoms with Crippen LogP contribution in [0.2, 0.25) is 0 Å². The minimum atomic E-state index is 0.0859. The summed E-state index contributed by atoms with van der Waals surface area (Å²) in [6.07, 6.45) is 3.97. The van der Waals surface area contributed by atoms with Gasteiger partial charge in [-0.3, -0.25) is 4.79 Å². The summed E-state index contributed by atoms with van der Waals surface area (Å²) in [4.78, 5) is 19.1. The zero-order valence-corrected chi connectivity index (χ0v) is 8.76. The van der Waals surface area contributed by atoms with E-state index in [1.54, 1.807) is 0 Å². The first-order chi connectivity index (χ1) is 6.72. The average Bonchev–Trinajstić information content (AvgIpc) is 2.64. The van der Waals surface area contributed by atoms with Crippen molar-refractivity contribution in [3.63, 3.8) is 0 Å². The van der Waals surface area contributed by atoms with E-state index in [4.69, 9.17) is 0 Å². The molecule has 0 spiro atoms. The topological polar surface area (TPSA) is 45.8 Å². The largest absolute Gasteiger partial charge is 0.310 e. The lowest BCUT2D eigenvalue weighted by molar-refractivity contribution is 0.667. The van der Waals surface area contributed by atoms with Crippen LogP contribution in [0.4, 0.5) is 0 Å². The predicted octanol–water partition coefficient (Wildman–Crippen LogP) is 1.77. The highest BCUT2D eigenvalue weighted by molar-refractivity contribution is 5.23. The Morgan fingerprint density at radius 1 is 1.50 bits per heavy atom. The van der Waals surface area contributed by atoms with Gasteiger partial charge < -0.3 is 4.98 Å². The molecule has 1 atom stereocenters. The Bertz CT molecular complexity index is 395. The fourth-order valence-corrected chi connectivity index (χ4v) is 1.89. The zero-order chi connectivity index (χ0) is 10.1. The van der Waals surface area contributed by atoms with Crippen molar-refractivity contribution in [1.82, 2.24) is 9.97 Å². The van der Waals surface area contributed by atoms with Gasteiger partial charge in [0.1, 0.15) is 5.82 Å². The highest BCUT2D eigenvalue weighted by Crippen LogP contribution is 2.19. The maximum Gasteiger partial charge on any atom is 0.254 e. The van der Waals surface area contributed by atoms with Crippen LogP contribution in [-0.2, 0) is 12.8 Å². The van der Waals surface area contributed by atoms with Crippen LogP contribution in [0.3, 0.4) is 0 Å². The van der Waals surface area contributed by atoms with Gasteiger partial charge in [-0.15, -0.1) is 0 Å². The first-order valence-electron chi connectivity index (χ1n) is 5.34. The second-order valence-electron chi connectivity index (χ2n) is 4.04. The van der Waals surface area contributed by atoms with E-state index in [0.29, 0.717) is 5.92 Å². The van der Waals surface area contributed by atoms with Gasteiger partial charge in [-0.2, -0.15) is 0 Å². The van der Waals surface area contributed by atoms with E-state index in [-0.39, 0.29) is 5.56 Å². The Balaban J connectivity index is 2.47. The number of fused-ring (bicyclic) bond motifs is 1. The summed E-state index contributed by atoms with van der Waals surface area (Å²) < 4.78 is 0. The van der Waals surface area contributed by atoms with E-state index in [0.717, 1.165) is 42.8 Å². The molecule has 3 heteroatoms. The van der Waals surface area contributed by atoms with E-state index in [9.17, 15) is 4.79 Å². The molecule has 0 saturated carbocycles. The van der Waals surface area contributed by atoms with Crippen LogP contribution < -0.4 is 5.56 Å². The standard InChI is InChI=1S/C11H16N2O/c1-3-7(2)10-12-9-6-4-5-8(9)11(14)13-10/h7H,3-6H2,1-2H3,(H,12,13,14). The average molecular weight is 192 g/mol. The molecule has 1 heterocycles. The fourth-order valence-electron chi connectivity index (χ4n) is 1.89. The molecule has 0 fully saturated rings. The molecule has 1 unspecified atom stereocenters. The molecule has 0 bridgehead atoms. The Kier molecular flexibility index (Phi) is 2.40. The molecular formula is C11H16N2O. The summed E-state index contributed by atoms with van der Waals surface area (Å²) in [6, 6.07) is 0. The maximum atomic E-state index is 11.7. The van der Waals surface area contributed by atoms with E-state index in [2.05, 4.69) is 23.8 Å². The predicted molar refractivity (Wildman–Crippen MR) is 55.6 cm³/mol. The van der Waals surface area contributed by atoms with Crippen LogP contribution in [0.15, 0.2) is 4.79 Å². The molecule has 14 heavy (non-hydrogen) atoms. The van der Waals surface area contributed by atoms with Crippen molar-refractivity contribution in [2.24, 2.45) is 0 Å². The summed E-state index contributed by atoms with van der Waals surface area (Å²) >= 11 is 0. The monoisotopic (exact) mass is 192 g/mol. The van der Waals surface area contributed by atoms with Gasteiger partial charge in [-0.1, -0.05) is 13.8 Å². The molecule has 0 amide bonds. The molecule has 0 aliphatic heterocycles. The maximum absolute atomic E-state index is 11.7. The van der Waals surface area contributed by atoms with Crippen molar-refractivity contribution in [2.45, 2.75) is 45.4 Å². The lowest BCUT2D eigenvalue weighted by Crippen LogP contribution is -2.18. The molecule has 1 aliphatic rings. The number of hydrogen-bond donors (Lipinski definition) is 1. The normalized spacial score (nSPS) is 16.7. The van der Waals surface area contributed by atoms with Gasteiger partial charge in [0.15, 0.2) is 0 Å². The molecule has 1 aromatic heterocycles. The van der Waals surface area contributed by atoms with Gasteiger partial charge in [-0.25, -0.2) is 4.98 Å². The first kappa shape index (κ1) is 9.44. The third-order valence-corrected chi connectivity index (χ3v) is 3.04. The van der Waals surface area contributed by atoms with Gasteiger partial charge in [0.25, 0.3) is 5.56 Å². The number of aryl methyl sites for hydroxylation is 1. The minimum Gasteiger partial charge on any atom is -0.310 e. The van der Waals surface area contributed by atoms with E-state index < -0.39 is 0 Å². The third kappa shape index (κ3) is 1.47. The molecule has 1 aliphatic carbocycles. The quantitative estimate of drug-likeness (QED) is 0.776. The first-order valence-corrected chi connectivity index (χ1v) is 5.34. The second-order valence-corrected chi connectivity index (χ2v) is 4.04. The summed E-state index contributed by atoms with van der Waals surface area (Å²) in [6.45, 7) is 4.21. The van der Waals surface area contributed by atoms with Crippen LogP contribution in [0, 0.1) is 0 Å². The van der Waals surface area contributed by atoms with Gasteiger partial charge in [-0.05, 0) is 25.7 Å². The Morgan fingerprint density at radius 3 is 3.00 bits per heavy atom. The Morgan fingerprint density at radius 2 is 2.29 bits per heavy atom. The zero-order valence-electron chi connectivity index (χ0n) is 8.76. The molecule has 1 aromatic rings. The Labute approximate surface area is 83.6 Å². The molecule has 0 saturated heterocycles. The molecular weight excluding hydrogens is 176 g/mol. The summed E-state index contributed by atoms with van der Waals surface area (Å²) in [5, 5.41) is 0. The smallest absolute Gasteiger partial charge is 0.254 e. The van der Waals surface area contributed by atoms with Crippen molar-refractivity contribution < 1.29 is 0 Å². The lowest BCUT2D eigenvalue weighted by Gasteiger charge is -2.08. The van der Waals surface area contributed by atoms with E-state index in [1.165, 1.54) is 0 Å². The molecule has 1 N–H and O–H groups in total. The van der Waals surface area contributed by atoms with Gasteiger partial charge in [0.2, 0.25) is 0 Å². The lowest BCUT2D eigenvalue weighted by atomic mass is 10.1. The van der Waals surface area contributed by atoms with Crippen LogP contribution in [0.5, 0.6) is 0 Å². The summed E-state index contributed by atoms with van der Waals surface area (Å²) in [7, 11) is 0. The van der Waals surface area contributed by atoms with Crippen molar-refractivity contribution in [3.8, 4) is 0 Å². The number of hydrogen-bond acceptors (Lipinski definition) is 2. The third-order valence-electron chi connectivity index (χ3n) is 3.04. The van der Waals surface area contributed by atoms with Gasteiger partial charge in [0, 0.05) is 11.5 Å². The molecule has 3 nitrogen and oxygen atoms in total. The summed E-state index contributed by atoms with van der Waals surface area (Å²) in [5.74, 6) is 1.21. The SMILES string of the molecule is CCC(C)c1nc2c(c(=O)[nH]1)CCC2. The molecule has 0 radical (unpaired) electrons. The number of aromatic amines is 1. The number of H-pyrrole nitrogens is 1. The van der Waals surface area contributed by atoms with E-state index >= 15 is 0 Å². The number of aromatic nitrogens is 2. The molecule has 2 rings (SSSR count). The van der Waals surface area contributed by atoms with Crippen molar-refractivity contribution in [3.05, 3.63) is 27.4 Å². The van der Waals surface area contributed by atoms with E-state index in [1.807, 2.05) is 0 Å². The Hall–Kier alpha value is -1.12. The van der Waals surface area contributed by atoms with Crippen molar-refractivity contribution in [1.29, 1.82) is 0 Å². The highest BCUT2D eigenvalue weighted by atomic mass is 16.1. The number of rotatable bonds is 2. The van der Waals surface area contributed by atoms with Crippen LogP contribution in [0.25, 0.3) is 0 Å². The van der Waals surface area contributed by atoms with Crippen LogP contribution in [0.1, 0.15) is 49.7 Å².